The molecule has 2 atom stereocenters. The van der Waals surface area contributed by atoms with E-state index in [0.29, 0.717) is 50.3 Å². The highest BCUT2D eigenvalue weighted by Crippen LogP contribution is 2.33. The van der Waals surface area contributed by atoms with Gasteiger partial charge in [0, 0.05) is 37.2 Å². The Morgan fingerprint density at radius 3 is 2.61 bits per heavy atom. The quantitative estimate of drug-likeness (QED) is 0.612. The predicted molar refractivity (Wildman–Crippen MR) is 114 cm³/mol. The van der Waals surface area contributed by atoms with E-state index in [2.05, 4.69) is 5.32 Å². The van der Waals surface area contributed by atoms with Gasteiger partial charge in [0.1, 0.15) is 11.6 Å². The van der Waals surface area contributed by atoms with Gasteiger partial charge in [-0.3, -0.25) is 4.79 Å². The lowest BCUT2D eigenvalue weighted by molar-refractivity contribution is -0.125. The molecule has 31 heavy (non-hydrogen) atoms. The smallest absolute Gasteiger partial charge is 0.407 e. The van der Waals surface area contributed by atoms with E-state index < -0.39 is 12.2 Å². The van der Waals surface area contributed by atoms with Crippen LogP contribution in [0.4, 0.5) is 9.18 Å². The summed E-state index contributed by atoms with van der Waals surface area (Å²) in [6.45, 7) is 3.31. The largest absolute Gasteiger partial charge is 0.493 e. The SMILES string of the molecule is CC(O)CNC(=O)C1CC=C(c2ccc(OCC3CCN(C(=O)O)CC3)cc2F)CC1. The average Bonchev–Trinajstić information content (AvgIpc) is 2.76. The van der Waals surface area contributed by atoms with Gasteiger partial charge in [0.2, 0.25) is 5.91 Å². The monoisotopic (exact) mass is 434 g/mol. The Kier molecular flexibility index (Phi) is 7.90. The average molecular weight is 435 g/mol. The molecule has 3 N–H and O–H groups in total. The molecule has 1 aliphatic carbocycles. The second-order valence-electron chi connectivity index (χ2n) is 8.46. The minimum Gasteiger partial charge on any atom is -0.493 e. The molecule has 0 spiro atoms. The van der Waals surface area contributed by atoms with Crippen LogP contribution in [0.15, 0.2) is 24.3 Å². The summed E-state index contributed by atoms with van der Waals surface area (Å²) in [6.07, 6.45) is 3.75. The van der Waals surface area contributed by atoms with E-state index in [9.17, 15) is 19.1 Å². The minimum atomic E-state index is -0.888. The predicted octanol–water partition coefficient (Wildman–Crippen LogP) is 3.28. The minimum absolute atomic E-state index is 0.0744. The summed E-state index contributed by atoms with van der Waals surface area (Å²) in [6, 6.07) is 4.87. The third-order valence-corrected chi connectivity index (χ3v) is 6.01. The van der Waals surface area contributed by atoms with Crippen molar-refractivity contribution in [3.63, 3.8) is 0 Å². The molecule has 2 amide bonds. The number of amides is 2. The zero-order chi connectivity index (χ0) is 22.4. The fraction of sp³-hybridized carbons (Fsp3) is 0.565. The molecule has 0 aromatic heterocycles. The fourth-order valence-electron chi connectivity index (χ4n) is 4.06. The van der Waals surface area contributed by atoms with Crippen molar-refractivity contribution in [2.24, 2.45) is 11.8 Å². The standard InChI is InChI=1S/C23H31FN2O5/c1-15(27)13-25-22(28)18-4-2-17(3-5-18)20-7-6-19(12-21(20)24)31-14-16-8-10-26(11-9-16)23(29)30/h2,6-7,12,15-16,18,27H,3-5,8-11,13-14H2,1H3,(H,25,28)(H,29,30). The molecule has 1 aliphatic heterocycles. The van der Waals surface area contributed by atoms with Gasteiger partial charge in [0.15, 0.2) is 0 Å². The van der Waals surface area contributed by atoms with E-state index in [1.807, 2.05) is 6.08 Å². The number of allylic oxidation sites excluding steroid dienone is 2. The summed E-state index contributed by atoms with van der Waals surface area (Å²) < 4.78 is 20.5. The highest BCUT2D eigenvalue weighted by Gasteiger charge is 2.24. The van der Waals surface area contributed by atoms with E-state index in [1.165, 1.54) is 11.0 Å². The van der Waals surface area contributed by atoms with Crippen LogP contribution in [0.25, 0.3) is 5.57 Å². The number of ether oxygens (including phenoxy) is 1. The fourth-order valence-corrected chi connectivity index (χ4v) is 4.06. The van der Waals surface area contributed by atoms with Crippen LogP contribution >= 0.6 is 0 Å². The maximum absolute atomic E-state index is 14.7. The van der Waals surface area contributed by atoms with Crippen molar-refractivity contribution < 1.29 is 28.9 Å². The number of piperidine rings is 1. The lowest BCUT2D eigenvalue weighted by atomic mass is 9.86. The molecule has 1 aromatic carbocycles. The molecule has 7 nitrogen and oxygen atoms in total. The zero-order valence-corrected chi connectivity index (χ0v) is 17.8. The van der Waals surface area contributed by atoms with Crippen molar-refractivity contribution in [3.8, 4) is 5.75 Å². The number of benzene rings is 1. The molecule has 170 valence electrons. The number of carboxylic acid groups (broad SMARTS) is 1. The first-order valence-corrected chi connectivity index (χ1v) is 10.9. The summed E-state index contributed by atoms with van der Waals surface area (Å²) in [5.41, 5.74) is 1.43. The number of nitrogens with one attached hydrogen (secondary N) is 1. The number of aliphatic hydroxyl groups is 1. The van der Waals surface area contributed by atoms with E-state index in [1.54, 1.807) is 19.1 Å². The van der Waals surface area contributed by atoms with Crippen LogP contribution < -0.4 is 10.1 Å². The molecule has 2 unspecified atom stereocenters. The van der Waals surface area contributed by atoms with Gasteiger partial charge in [-0.15, -0.1) is 0 Å². The number of hydrogen-bond acceptors (Lipinski definition) is 4. The number of rotatable bonds is 7. The highest BCUT2D eigenvalue weighted by molar-refractivity contribution is 5.80. The van der Waals surface area contributed by atoms with Crippen molar-refractivity contribution in [1.82, 2.24) is 10.2 Å². The van der Waals surface area contributed by atoms with Crippen LogP contribution in [0.2, 0.25) is 0 Å². The Bertz CT molecular complexity index is 818. The van der Waals surface area contributed by atoms with E-state index in [-0.39, 0.29) is 30.1 Å². The van der Waals surface area contributed by atoms with E-state index in [4.69, 9.17) is 9.84 Å². The lowest BCUT2D eigenvalue weighted by Crippen LogP contribution is -2.38. The van der Waals surface area contributed by atoms with Crippen molar-refractivity contribution >= 4 is 17.6 Å². The van der Waals surface area contributed by atoms with Crippen LogP contribution in [0, 0.1) is 17.7 Å². The molecule has 0 bridgehead atoms. The second kappa shape index (κ2) is 10.6. The first-order chi connectivity index (χ1) is 14.8. The normalized spacial score (nSPS) is 20.7. The van der Waals surface area contributed by atoms with E-state index >= 15 is 0 Å². The number of nitrogens with zero attached hydrogens (tertiary/aromatic N) is 1. The van der Waals surface area contributed by atoms with Crippen LogP contribution in [0.5, 0.6) is 5.75 Å². The molecule has 1 fully saturated rings. The summed E-state index contributed by atoms with van der Waals surface area (Å²) >= 11 is 0. The first-order valence-electron chi connectivity index (χ1n) is 10.9. The molecule has 1 aromatic rings. The molecule has 8 heteroatoms. The van der Waals surface area contributed by atoms with E-state index in [0.717, 1.165) is 18.4 Å². The van der Waals surface area contributed by atoms with Crippen LogP contribution in [-0.2, 0) is 4.79 Å². The van der Waals surface area contributed by atoms with Gasteiger partial charge in [-0.2, -0.15) is 0 Å². The Labute approximate surface area is 181 Å². The third kappa shape index (κ3) is 6.43. The maximum Gasteiger partial charge on any atom is 0.407 e. The molecule has 3 rings (SSSR count). The number of carbonyl (C=O) groups excluding carboxylic acids is 1. The van der Waals surface area contributed by atoms with Gasteiger partial charge in [-0.25, -0.2) is 9.18 Å². The molecule has 0 radical (unpaired) electrons. The molecule has 1 saturated heterocycles. The first kappa shape index (κ1) is 23.1. The second-order valence-corrected chi connectivity index (χ2v) is 8.46. The molecule has 2 aliphatic rings. The van der Waals surface area contributed by atoms with Crippen LogP contribution in [0.3, 0.4) is 0 Å². The lowest BCUT2D eigenvalue weighted by Gasteiger charge is -2.29. The topological polar surface area (TPSA) is 99.1 Å². The van der Waals surface area contributed by atoms with Crippen LogP contribution in [-0.4, -0.2) is 59.5 Å². The van der Waals surface area contributed by atoms with Crippen LogP contribution in [0.1, 0.15) is 44.6 Å². The number of hydrogen-bond donors (Lipinski definition) is 3. The van der Waals surface area contributed by atoms with Crippen molar-refractivity contribution in [2.45, 2.75) is 45.1 Å². The highest BCUT2D eigenvalue weighted by atomic mass is 19.1. The van der Waals surface area contributed by atoms with Gasteiger partial charge in [-0.05, 0) is 62.7 Å². The number of halogens is 1. The summed E-state index contributed by atoms with van der Waals surface area (Å²) in [5, 5.41) is 21.0. The van der Waals surface area contributed by atoms with Gasteiger partial charge in [-0.1, -0.05) is 6.08 Å². The van der Waals surface area contributed by atoms with Crippen molar-refractivity contribution in [1.29, 1.82) is 0 Å². The summed E-state index contributed by atoms with van der Waals surface area (Å²) in [5.74, 6) is 0.154. The Morgan fingerprint density at radius 2 is 2.03 bits per heavy atom. The number of likely N-dealkylation sites (tertiary alicyclic amines) is 1. The maximum atomic E-state index is 14.7. The van der Waals surface area contributed by atoms with Crippen molar-refractivity contribution in [3.05, 3.63) is 35.7 Å². The van der Waals surface area contributed by atoms with Gasteiger partial charge in [0.25, 0.3) is 0 Å². The summed E-state index contributed by atoms with van der Waals surface area (Å²) in [4.78, 5) is 24.5. The van der Waals surface area contributed by atoms with Gasteiger partial charge in [0.05, 0.1) is 12.7 Å². The molecular formula is C23H31FN2O5. The van der Waals surface area contributed by atoms with Gasteiger partial charge < -0.3 is 25.2 Å². The zero-order valence-electron chi connectivity index (χ0n) is 17.8. The van der Waals surface area contributed by atoms with Crippen molar-refractivity contribution in [2.75, 3.05) is 26.2 Å². The Balaban J connectivity index is 1.50. The summed E-state index contributed by atoms with van der Waals surface area (Å²) in [7, 11) is 0. The van der Waals surface area contributed by atoms with Gasteiger partial charge >= 0.3 is 6.09 Å². The molecular weight excluding hydrogens is 403 g/mol. The number of carbonyl (C=O) groups is 2. The number of aliphatic hydroxyl groups excluding tert-OH is 1. The Morgan fingerprint density at radius 1 is 1.29 bits per heavy atom. The molecule has 1 heterocycles. The Hall–Kier alpha value is -2.61. The third-order valence-electron chi connectivity index (χ3n) is 6.01. The molecule has 0 saturated carbocycles.